The Morgan fingerprint density at radius 1 is 1.33 bits per heavy atom. The third-order valence-corrected chi connectivity index (χ3v) is 3.12. The maximum atomic E-state index is 11.4. The Balaban J connectivity index is 2.12. The number of esters is 1. The summed E-state index contributed by atoms with van der Waals surface area (Å²) in [6.45, 7) is 3.86. The fraction of sp³-hybridized carbons (Fsp3) is 0.917. The molecule has 1 rings (SSSR count). The second-order valence-electron chi connectivity index (χ2n) is 4.90. The highest BCUT2D eigenvalue weighted by molar-refractivity contribution is 6.33. The van der Waals surface area contributed by atoms with Gasteiger partial charge >= 0.3 is 5.97 Å². The van der Waals surface area contributed by atoms with E-state index in [1.807, 2.05) is 0 Å². The Kier molecular flexibility index (Phi) is 4.91. The van der Waals surface area contributed by atoms with E-state index in [-0.39, 0.29) is 5.97 Å². The lowest BCUT2D eigenvalue weighted by Crippen LogP contribution is -2.28. The van der Waals surface area contributed by atoms with Gasteiger partial charge < -0.3 is 4.74 Å². The lowest BCUT2D eigenvalue weighted by atomic mass is 9.87. The smallest absolute Gasteiger partial charge is 0.326 e. The molecule has 1 fully saturated rings. The van der Waals surface area contributed by atoms with Crippen molar-refractivity contribution in [1.82, 2.24) is 0 Å². The van der Waals surface area contributed by atoms with Crippen LogP contribution in [0.5, 0.6) is 0 Å². The molecule has 0 unspecified atom stereocenters. The molecule has 15 heavy (non-hydrogen) atoms. The first-order valence-corrected chi connectivity index (χ1v) is 6.24. The standard InChI is InChI=1S/C12H21ClO2/c1-12(2,13)11(14)15-9-8-10-6-4-3-5-7-10/h10H,3-9H2,1-2H3. The summed E-state index contributed by atoms with van der Waals surface area (Å²) in [5.74, 6) is 0.449. The molecular weight excluding hydrogens is 212 g/mol. The monoisotopic (exact) mass is 232 g/mol. The highest BCUT2D eigenvalue weighted by Gasteiger charge is 2.26. The van der Waals surface area contributed by atoms with E-state index >= 15 is 0 Å². The summed E-state index contributed by atoms with van der Waals surface area (Å²) in [5.41, 5.74) is 0. The quantitative estimate of drug-likeness (QED) is 0.548. The highest BCUT2D eigenvalue weighted by Crippen LogP contribution is 2.26. The largest absolute Gasteiger partial charge is 0.464 e. The molecule has 1 aliphatic carbocycles. The predicted octanol–water partition coefficient (Wildman–Crippen LogP) is 3.52. The van der Waals surface area contributed by atoms with Crippen molar-refractivity contribution in [2.24, 2.45) is 5.92 Å². The van der Waals surface area contributed by atoms with Crippen LogP contribution < -0.4 is 0 Å². The number of hydrogen-bond acceptors (Lipinski definition) is 2. The van der Waals surface area contributed by atoms with Gasteiger partial charge in [-0.05, 0) is 26.2 Å². The molecule has 0 N–H and O–H groups in total. The summed E-state index contributed by atoms with van der Waals surface area (Å²) < 4.78 is 5.14. The summed E-state index contributed by atoms with van der Waals surface area (Å²) in [7, 11) is 0. The van der Waals surface area contributed by atoms with Crippen LogP contribution in [0.3, 0.4) is 0 Å². The van der Waals surface area contributed by atoms with Crippen LogP contribution >= 0.6 is 11.6 Å². The van der Waals surface area contributed by atoms with Crippen molar-refractivity contribution in [1.29, 1.82) is 0 Å². The Morgan fingerprint density at radius 3 is 2.47 bits per heavy atom. The van der Waals surface area contributed by atoms with Gasteiger partial charge in [-0.1, -0.05) is 32.1 Å². The van der Waals surface area contributed by atoms with E-state index in [0.29, 0.717) is 6.61 Å². The Bertz CT molecular complexity index is 202. The lowest BCUT2D eigenvalue weighted by molar-refractivity contribution is -0.146. The average Bonchev–Trinajstić information content (AvgIpc) is 2.18. The van der Waals surface area contributed by atoms with Gasteiger partial charge in [-0.15, -0.1) is 11.6 Å². The van der Waals surface area contributed by atoms with Crippen LogP contribution in [-0.2, 0) is 9.53 Å². The van der Waals surface area contributed by atoms with Crippen molar-refractivity contribution in [3.05, 3.63) is 0 Å². The minimum atomic E-state index is -0.882. The van der Waals surface area contributed by atoms with E-state index in [2.05, 4.69) is 0 Å². The second kappa shape index (κ2) is 5.74. The summed E-state index contributed by atoms with van der Waals surface area (Å²) in [6.07, 6.45) is 7.62. The van der Waals surface area contributed by atoms with Crippen molar-refractivity contribution in [3.8, 4) is 0 Å². The van der Waals surface area contributed by atoms with E-state index in [9.17, 15) is 4.79 Å². The summed E-state index contributed by atoms with van der Waals surface area (Å²) in [6, 6.07) is 0. The summed E-state index contributed by atoms with van der Waals surface area (Å²) >= 11 is 5.83. The van der Waals surface area contributed by atoms with Gasteiger partial charge in [0, 0.05) is 0 Å². The minimum absolute atomic E-state index is 0.306. The van der Waals surface area contributed by atoms with Gasteiger partial charge in [-0.2, -0.15) is 0 Å². The lowest BCUT2D eigenvalue weighted by Gasteiger charge is -2.22. The van der Waals surface area contributed by atoms with Gasteiger partial charge in [-0.25, -0.2) is 0 Å². The molecule has 0 atom stereocenters. The number of carbonyl (C=O) groups is 1. The predicted molar refractivity (Wildman–Crippen MR) is 62.1 cm³/mol. The van der Waals surface area contributed by atoms with Crippen molar-refractivity contribution in [3.63, 3.8) is 0 Å². The topological polar surface area (TPSA) is 26.3 Å². The maximum Gasteiger partial charge on any atom is 0.326 e. The van der Waals surface area contributed by atoms with E-state index in [4.69, 9.17) is 16.3 Å². The van der Waals surface area contributed by atoms with Crippen LogP contribution in [0.25, 0.3) is 0 Å². The van der Waals surface area contributed by atoms with E-state index in [1.165, 1.54) is 32.1 Å². The number of alkyl halides is 1. The highest BCUT2D eigenvalue weighted by atomic mass is 35.5. The van der Waals surface area contributed by atoms with Crippen LogP contribution in [0.1, 0.15) is 52.4 Å². The molecule has 1 saturated carbocycles. The SMILES string of the molecule is CC(C)(Cl)C(=O)OCCC1CCCCC1. The van der Waals surface area contributed by atoms with Gasteiger partial charge in [0.05, 0.1) is 6.61 Å². The molecule has 1 aliphatic rings. The maximum absolute atomic E-state index is 11.4. The first-order valence-electron chi connectivity index (χ1n) is 5.86. The average molecular weight is 233 g/mol. The number of rotatable bonds is 4. The Hall–Kier alpha value is -0.240. The van der Waals surface area contributed by atoms with Gasteiger partial charge in [0.2, 0.25) is 0 Å². The zero-order valence-electron chi connectivity index (χ0n) is 9.72. The van der Waals surface area contributed by atoms with Crippen LogP contribution in [0, 0.1) is 5.92 Å². The van der Waals surface area contributed by atoms with Crippen LogP contribution in [0.4, 0.5) is 0 Å². The Morgan fingerprint density at radius 2 is 1.93 bits per heavy atom. The first kappa shape index (κ1) is 12.8. The molecule has 0 heterocycles. The molecule has 0 amide bonds. The van der Waals surface area contributed by atoms with Crippen LogP contribution in [0.2, 0.25) is 0 Å². The van der Waals surface area contributed by atoms with Gasteiger partial charge in [0.15, 0.2) is 0 Å². The third kappa shape index (κ3) is 4.87. The van der Waals surface area contributed by atoms with Gasteiger partial charge in [-0.3, -0.25) is 4.79 Å². The van der Waals surface area contributed by atoms with E-state index in [1.54, 1.807) is 13.8 Å². The number of hydrogen-bond donors (Lipinski definition) is 0. The van der Waals surface area contributed by atoms with E-state index in [0.717, 1.165) is 12.3 Å². The fourth-order valence-electron chi connectivity index (χ4n) is 1.97. The van der Waals surface area contributed by atoms with E-state index < -0.39 is 4.87 Å². The zero-order valence-corrected chi connectivity index (χ0v) is 10.5. The molecule has 0 bridgehead atoms. The van der Waals surface area contributed by atoms with Crippen molar-refractivity contribution < 1.29 is 9.53 Å². The zero-order chi connectivity index (χ0) is 11.3. The summed E-state index contributed by atoms with van der Waals surface area (Å²) in [4.78, 5) is 10.5. The molecule has 0 spiro atoms. The molecule has 0 aromatic rings. The molecule has 0 radical (unpaired) electrons. The molecule has 2 nitrogen and oxygen atoms in total. The molecule has 88 valence electrons. The van der Waals surface area contributed by atoms with Crippen molar-refractivity contribution >= 4 is 17.6 Å². The third-order valence-electron chi connectivity index (χ3n) is 2.97. The molecule has 0 aromatic carbocycles. The number of halogens is 1. The summed E-state index contributed by atoms with van der Waals surface area (Å²) in [5, 5.41) is 0. The molecule has 0 aliphatic heterocycles. The second-order valence-corrected chi connectivity index (χ2v) is 5.85. The molecule has 3 heteroatoms. The van der Waals surface area contributed by atoms with Crippen molar-refractivity contribution in [2.45, 2.75) is 57.2 Å². The van der Waals surface area contributed by atoms with Gasteiger partial charge in [0.25, 0.3) is 0 Å². The molecular formula is C12H21ClO2. The van der Waals surface area contributed by atoms with Crippen molar-refractivity contribution in [2.75, 3.05) is 6.61 Å². The van der Waals surface area contributed by atoms with Crippen LogP contribution in [-0.4, -0.2) is 17.5 Å². The number of carbonyl (C=O) groups excluding carboxylic acids is 1. The minimum Gasteiger partial charge on any atom is -0.464 e. The molecule has 0 saturated heterocycles. The normalized spacial score (nSPS) is 18.9. The number of ether oxygens (including phenoxy) is 1. The van der Waals surface area contributed by atoms with Gasteiger partial charge in [0.1, 0.15) is 4.87 Å². The fourth-order valence-corrected chi connectivity index (χ4v) is 2.02. The van der Waals surface area contributed by atoms with Crippen LogP contribution in [0.15, 0.2) is 0 Å². The Labute approximate surface area is 97.3 Å². The first-order chi connectivity index (χ1) is 7.00. The molecule has 0 aromatic heterocycles.